The number of amides is 1. The van der Waals surface area contributed by atoms with Gasteiger partial charge in [0.15, 0.2) is 0 Å². The van der Waals surface area contributed by atoms with Gasteiger partial charge in [0, 0.05) is 6.08 Å². The number of benzene rings is 1. The Morgan fingerprint density at radius 3 is 3.00 bits per heavy atom. The zero-order valence-corrected chi connectivity index (χ0v) is 8.77. The molecule has 0 aromatic heterocycles. The summed E-state index contributed by atoms with van der Waals surface area (Å²) in [5.74, 6) is 0.360. The molecule has 0 saturated carbocycles. The van der Waals surface area contributed by atoms with Crippen LogP contribution in [0.4, 0.5) is 0 Å². The first-order valence-electron chi connectivity index (χ1n) is 4.92. The second-order valence-corrected chi connectivity index (χ2v) is 3.16. The van der Waals surface area contributed by atoms with Crippen molar-refractivity contribution in [2.24, 2.45) is 5.73 Å². The van der Waals surface area contributed by atoms with Gasteiger partial charge in [-0.05, 0) is 30.2 Å². The monoisotopic (exact) mass is 205 g/mol. The van der Waals surface area contributed by atoms with Crippen LogP contribution in [0.3, 0.4) is 0 Å². The maximum atomic E-state index is 10.5. The molecule has 2 N–H and O–H groups in total. The van der Waals surface area contributed by atoms with Gasteiger partial charge < -0.3 is 10.5 Å². The van der Waals surface area contributed by atoms with Crippen molar-refractivity contribution in [3.8, 4) is 5.75 Å². The highest BCUT2D eigenvalue weighted by Gasteiger charge is 1.94. The van der Waals surface area contributed by atoms with Crippen molar-refractivity contribution in [2.75, 3.05) is 6.61 Å². The third-order valence-electron chi connectivity index (χ3n) is 1.77. The molecule has 0 saturated heterocycles. The molecule has 1 amide bonds. The van der Waals surface area contributed by atoms with E-state index >= 15 is 0 Å². The number of primary amides is 1. The van der Waals surface area contributed by atoms with E-state index in [4.69, 9.17) is 10.5 Å². The average molecular weight is 205 g/mol. The Morgan fingerprint density at radius 2 is 2.33 bits per heavy atom. The van der Waals surface area contributed by atoms with Crippen LogP contribution in [0.1, 0.15) is 18.9 Å². The van der Waals surface area contributed by atoms with Gasteiger partial charge in [-0.3, -0.25) is 4.79 Å². The molecular formula is C12H15NO2. The van der Waals surface area contributed by atoms with Crippen molar-refractivity contribution >= 4 is 12.0 Å². The molecule has 80 valence electrons. The van der Waals surface area contributed by atoms with Gasteiger partial charge in [-0.2, -0.15) is 0 Å². The largest absolute Gasteiger partial charge is 0.494 e. The fourth-order valence-electron chi connectivity index (χ4n) is 1.11. The highest BCUT2D eigenvalue weighted by atomic mass is 16.5. The fourth-order valence-corrected chi connectivity index (χ4v) is 1.11. The number of carbonyl (C=O) groups excluding carboxylic acids is 1. The number of rotatable bonds is 5. The highest BCUT2D eigenvalue weighted by Crippen LogP contribution is 2.14. The van der Waals surface area contributed by atoms with Crippen molar-refractivity contribution in [1.82, 2.24) is 0 Å². The summed E-state index contributed by atoms with van der Waals surface area (Å²) in [5, 5.41) is 0. The normalized spacial score (nSPS) is 10.5. The second-order valence-electron chi connectivity index (χ2n) is 3.16. The van der Waals surface area contributed by atoms with Crippen molar-refractivity contribution in [3.05, 3.63) is 35.9 Å². The standard InChI is InChI=1S/C12H15NO2/c1-2-8-15-11-5-3-4-10(9-11)6-7-12(13)14/h3-7,9H,2,8H2,1H3,(H2,13,14)/b7-6+. The third kappa shape index (κ3) is 4.31. The highest BCUT2D eigenvalue weighted by molar-refractivity contribution is 5.90. The lowest BCUT2D eigenvalue weighted by Gasteiger charge is -2.04. The van der Waals surface area contributed by atoms with Crippen molar-refractivity contribution < 1.29 is 9.53 Å². The Balaban J connectivity index is 2.69. The van der Waals surface area contributed by atoms with Gasteiger partial charge in [0.2, 0.25) is 5.91 Å². The Labute approximate surface area is 89.5 Å². The van der Waals surface area contributed by atoms with E-state index in [9.17, 15) is 4.79 Å². The van der Waals surface area contributed by atoms with E-state index in [2.05, 4.69) is 6.92 Å². The van der Waals surface area contributed by atoms with Gasteiger partial charge in [-0.25, -0.2) is 0 Å². The van der Waals surface area contributed by atoms with Crippen LogP contribution in [0.25, 0.3) is 6.08 Å². The molecule has 0 atom stereocenters. The molecule has 1 rings (SSSR count). The van der Waals surface area contributed by atoms with Crippen LogP contribution in [0.5, 0.6) is 5.75 Å². The van der Waals surface area contributed by atoms with Gasteiger partial charge in [0.25, 0.3) is 0 Å². The molecule has 1 aromatic carbocycles. The van der Waals surface area contributed by atoms with Gasteiger partial charge in [-0.15, -0.1) is 0 Å². The molecule has 0 radical (unpaired) electrons. The van der Waals surface area contributed by atoms with Crippen LogP contribution in [0, 0.1) is 0 Å². The maximum absolute atomic E-state index is 10.5. The number of hydrogen-bond acceptors (Lipinski definition) is 2. The quantitative estimate of drug-likeness (QED) is 0.747. The van der Waals surface area contributed by atoms with Gasteiger partial charge in [0.05, 0.1) is 6.61 Å². The smallest absolute Gasteiger partial charge is 0.241 e. The van der Waals surface area contributed by atoms with E-state index in [1.807, 2.05) is 24.3 Å². The van der Waals surface area contributed by atoms with Crippen molar-refractivity contribution in [1.29, 1.82) is 0 Å². The Hall–Kier alpha value is -1.77. The molecule has 0 spiro atoms. The molecular weight excluding hydrogens is 190 g/mol. The van der Waals surface area contributed by atoms with Crippen LogP contribution < -0.4 is 10.5 Å². The minimum absolute atomic E-state index is 0.449. The summed E-state index contributed by atoms with van der Waals surface area (Å²) < 4.78 is 5.45. The number of nitrogens with two attached hydrogens (primary N) is 1. The van der Waals surface area contributed by atoms with Crippen LogP contribution in [0.2, 0.25) is 0 Å². The summed E-state index contributed by atoms with van der Waals surface area (Å²) in [6.45, 7) is 2.75. The van der Waals surface area contributed by atoms with Crippen molar-refractivity contribution in [3.63, 3.8) is 0 Å². The predicted molar refractivity (Wildman–Crippen MR) is 60.5 cm³/mol. The summed E-state index contributed by atoms with van der Waals surface area (Å²) in [7, 11) is 0. The number of carbonyl (C=O) groups is 1. The summed E-state index contributed by atoms with van der Waals surface area (Å²) in [6.07, 6.45) is 3.97. The van der Waals surface area contributed by atoms with Gasteiger partial charge >= 0.3 is 0 Å². The van der Waals surface area contributed by atoms with Crippen LogP contribution in [-0.2, 0) is 4.79 Å². The Kier molecular flexibility index (Phi) is 4.41. The minimum atomic E-state index is -0.449. The molecule has 3 heteroatoms. The van der Waals surface area contributed by atoms with Crippen LogP contribution in [-0.4, -0.2) is 12.5 Å². The van der Waals surface area contributed by atoms with Gasteiger partial charge in [0.1, 0.15) is 5.75 Å². The molecule has 1 aromatic rings. The zero-order valence-electron chi connectivity index (χ0n) is 8.77. The molecule has 3 nitrogen and oxygen atoms in total. The van der Waals surface area contributed by atoms with E-state index in [-0.39, 0.29) is 0 Å². The molecule has 0 bridgehead atoms. The average Bonchev–Trinajstić information content (AvgIpc) is 2.24. The lowest BCUT2D eigenvalue weighted by atomic mass is 10.2. The topological polar surface area (TPSA) is 52.3 Å². The molecule has 15 heavy (non-hydrogen) atoms. The first-order chi connectivity index (χ1) is 7.22. The summed E-state index contributed by atoms with van der Waals surface area (Å²) in [5.41, 5.74) is 5.91. The zero-order chi connectivity index (χ0) is 11.1. The predicted octanol–water partition coefficient (Wildman–Crippen LogP) is 1.97. The number of ether oxygens (including phenoxy) is 1. The van der Waals surface area contributed by atoms with E-state index < -0.39 is 5.91 Å². The van der Waals surface area contributed by atoms with E-state index in [0.717, 1.165) is 17.7 Å². The summed E-state index contributed by atoms with van der Waals surface area (Å²) >= 11 is 0. The molecule has 0 heterocycles. The fraction of sp³-hybridized carbons (Fsp3) is 0.250. The second kappa shape index (κ2) is 5.86. The lowest BCUT2D eigenvalue weighted by Crippen LogP contribution is -2.05. The van der Waals surface area contributed by atoms with Crippen molar-refractivity contribution in [2.45, 2.75) is 13.3 Å². The summed E-state index contributed by atoms with van der Waals surface area (Å²) in [6, 6.07) is 7.52. The maximum Gasteiger partial charge on any atom is 0.241 e. The first kappa shape index (κ1) is 11.3. The lowest BCUT2D eigenvalue weighted by molar-refractivity contribution is -0.113. The minimum Gasteiger partial charge on any atom is -0.494 e. The number of hydrogen-bond donors (Lipinski definition) is 1. The SMILES string of the molecule is CCCOc1cccc(/C=C/C(N)=O)c1. The van der Waals surface area contributed by atoms with Gasteiger partial charge in [-0.1, -0.05) is 19.1 Å². The molecule has 0 fully saturated rings. The van der Waals surface area contributed by atoms with Crippen LogP contribution in [0.15, 0.2) is 30.3 Å². The Bertz CT molecular complexity index is 358. The van der Waals surface area contributed by atoms with E-state index in [1.54, 1.807) is 6.08 Å². The third-order valence-corrected chi connectivity index (χ3v) is 1.77. The molecule has 0 aliphatic heterocycles. The molecule has 0 aliphatic carbocycles. The van der Waals surface area contributed by atoms with E-state index in [1.165, 1.54) is 6.08 Å². The Morgan fingerprint density at radius 1 is 1.53 bits per heavy atom. The molecule has 0 unspecified atom stereocenters. The summed E-state index contributed by atoms with van der Waals surface area (Å²) in [4.78, 5) is 10.5. The molecule has 0 aliphatic rings. The first-order valence-corrected chi connectivity index (χ1v) is 4.92. The van der Waals surface area contributed by atoms with E-state index in [0.29, 0.717) is 6.61 Å². The van der Waals surface area contributed by atoms with Crippen LogP contribution >= 0.6 is 0 Å².